The molecule has 1 heterocycles. The molecule has 0 saturated carbocycles. The molecule has 1 N–H and O–H groups in total. The maximum Gasteiger partial charge on any atom is 0.235 e. The number of amides is 1. The molecule has 3 unspecified atom stereocenters. The summed E-state index contributed by atoms with van der Waals surface area (Å²) < 4.78 is 0. The summed E-state index contributed by atoms with van der Waals surface area (Å²) in [4.78, 5) is 14.4. The van der Waals surface area contributed by atoms with Gasteiger partial charge in [-0.25, -0.2) is 0 Å². The molecule has 3 atom stereocenters. The molecule has 1 aliphatic rings. The predicted octanol–water partition coefficient (Wildman–Crippen LogP) is 2.54. The van der Waals surface area contributed by atoms with E-state index in [-0.39, 0.29) is 17.7 Å². The molecule has 1 rings (SSSR count). The fraction of sp³-hybridized carbons (Fsp3) is 0.923. The number of carbonyl (C=O) groups is 1. The van der Waals surface area contributed by atoms with Gasteiger partial charge in [-0.15, -0.1) is 24.2 Å². The van der Waals surface area contributed by atoms with Gasteiger partial charge >= 0.3 is 0 Å². The van der Waals surface area contributed by atoms with E-state index in [1.807, 2.05) is 11.8 Å². The zero-order valence-electron chi connectivity index (χ0n) is 11.9. The summed E-state index contributed by atoms with van der Waals surface area (Å²) in [5.41, 5.74) is 0. The molecule has 1 fully saturated rings. The number of halogens is 1. The van der Waals surface area contributed by atoms with Crippen molar-refractivity contribution in [1.82, 2.24) is 10.2 Å². The third-order valence-electron chi connectivity index (χ3n) is 3.53. The minimum absolute atomic E-state index is 0. The summed E-state index contributed by atoms with van der Waals surface area (Å²) in [7, 11) is 0. The highest BCUT2D eigenvalue weighted by molar-refractivity contribution is 8.00. The molecule has 18 heavy (non-hydrogen) atoms. The van der Waals surface area contributed by atoms with E-state index in [0.29, 0.717) is 18.0 Å². The first-order valence-corrected chi connectivity index (χ1v) is 7.78. The lowest BCUT2D eigenvalue weighted by atomic mass is 10.1. The van der Waals surface area contributed by atoms with Crippen LogP contribution in [0.5, 0.6) is 0 Å². The van der Waals surface area contributed by atoms with Crippen LogP contribution in [0.15, 0.2) is 0 Å². The smallest absolute Gasteiger partial charge is 0.235 e. The van der Waals surface area contributed by atoms with Crippen molar-refractivity contribution in [2.75, 3.05) is 18.8 Å². The first-order valence-electron chi connectivity index (χ1n) is 6.73. The Morgan fingerprint density at radius 1 is 1.50 bits per heavy atom. The molecule has 3 nitrogen and oxygen atoms in total. The van der Waals surface area contributed by atoms with E-state index < -0.39 is 0 Å². The second-order valence-corrected chi connectivity index (χ2v) is 6.33. The minimum Gasteiger partial charge on any atom is -0.336 e. The van der Waals surface area contributed by atoms with Gasteiger partial charge in [-0.2, -0.15) is 0 Å². The summed E-state index contributed by atoms with van der Waals surface area (Å²) in [6.45, 7) is 10.3. The van der Waals surface area contributed by atoms with E-state index in [1.165, 1.54) is 12.8 Å². The molecule has 0 aromatic carbocycles. The first-order chi connectivity index (χ1) is 8.07. The van der Waals surface area contributed by atoms with Crippen molar-refractivity contribution in [3.8, 4) is 0 Å². The number of rotatable bonds is 5. The Balaban J connectivity index is 0.00000289. The van der Waals surface area contributed by atoms with Gasteiger partial charge in [-0.3, -0.25) is 4.79 Å². The van der Waals surface area contributed by atoms with E-state index in [2.05, 4.69) is 26.1 Å². The number of nitrogens with zero attached hydrogens (tertiary/aromatic N) is 1. The summed E-state index contributed by atoms with van der Waals surface area (Å²) >= 11 is 1.79. The van der Waals surface area contributed by atoms with E-state index in [0.717, 1.165) is 18.8 Å². The highest BCUT2D eigenvalue weighted by Crippen LogP contribution is 2.18. The SMILES string of the molecule is CCCCSC(C)C(=O)N1CCNC(C)C1C.Cl. The number of piperazine rings is 1. The Morgan fingerprint density at radius 2 is 2.17 bits per heavy atom. The van der Waals surface area contributed by atoms with Crippen molar-refractivity contribution in [3.05, 3.63) is 0 Å². The molecular weight excluding hydrogens is 268 g/mol. The van der Waals surface area contributed by atoms with E-state index in [4.69, 9.17) is 0 Å². The van der Waals surface area contributed by atoms with Gasteiger partial charge in [0.05, 0.1) is 5.25 Å². The van der Waals surface area contributed by atoms with Gasteiger partial charge in [0.1, 0.15) is 0 Å². The third kappa shape index (κ3) is 4.98. The normalized spacial score (nSPS) is 25.4. The van der Waals surface area contributed by atoms with Crippen LogP contribution in [0.1, 0.15) is 40.5 Å². The van der Waals surface area contributed by atoms with E-state index >= 15 is 0 Å². The maximum atomic E-state index is 12.3. The van der Waals surface area contributed by atoms with Crippen LogP contribution in [0.3, 0.4) is 0 Å². The molecule has 1 amide bonds. The first kappa shape index (κ1) is 18.1. The zero-order chi connectivity index (χ0) is 12.8. The summed E-state index contributed by atoms with van der Waals surface area (Å²) in [6, 6.07) is 0.714. The fourth-order valence-electron chi connectivity index (χ4n) is 2.08. The van der Waals surface area contributed by atoms with Crippen LogP contribution in [-0.4, -0.2) is 47.0 Å². The molecule has 0 spiro atoms. The molecule has 0 aromatic heterocycles. The average molecular weight is 295 g/mol. The minimum atomic E-state index is 0. The Morgan fingerprint density at radius 3 is 2.78 bits per heavy atom. The second-order valence-electron chi connectivity index (χ2n) is 4.88. The summed E-state index contributed by atoms with van der Waals surface area (Å²) in [6.07, 6.45) is 2.41. The molecular formula is C13H27ClN2OS. The Kier molecular flexibility index (Phi) is 9.09. The largest absolute Gasteiger partial charge is 0.336 e. The standard InChI is InChI=1S/C13H26N2OS.ClH/c1-5-6-9-17-12(4)13(16)15-8-7-14-10(2)11(15)3;/h10-12,14H,5-9H2,1-4H3;1H. The quantitative estimate of drug-likeness (QED) is 0.791. The highest BCUT2D eigenvalue weighted by atomic mass is 35.5. The molecule has 0 aromatic rings. The van der Waals surface area contributed by atoms with Crippen LogP contribution in [0, 0.1) is 0 Å². The van der Waals surface area contributed by atoms with Crippen molar-refractivity contribution in [1.29, 1.82) is 0 Å². The van der Waals surface area contributed by atoms with Crippen molar-refractivity contribution < 1.29 is 4.79 Å². The Hall–Kier alpha value is 0.0700. The van der Waals surface area contributed by atoms with Gasteiger partial charge in [0.25, 0.3) is 0 Å². The van der Waals surface area contributed by atoms with E-state index in [9.17, 15) is 4.79 Å². The highest BCUT2D eigenvalue weighted by Gasteiger charge is 2.30. The van der Waals surface area contributed by atoms with Crippen molar-refractivity contribution in [2.24, 2.45) is 0 Å². The molecule has 1 aliphatic heterocycles. The molecule has 108 valence electrons. The van der Waals surface area contributed by atoms with Crippen molar-refractivity contribution >= 4 is 30.1 Å². The second kappa shape index (κ2) is 9.05. The van der Waals surface area contributed by atoms with Gasteiger partial charge in [0.2, 0.25) is 5.91 Å². The third-order valence-corrected chi connectivity index (χ3v) is 4.76. The summed E-state index contributed by atoms with van der Waals surface area (Å²) in [5.74, 6) is 1.41. The van der Waals surface area contributed by atoms with Crippen molar-refractivity contribution in [3.63, 3.8) is 0 Å². The van der Waals surface area contributed by atoms with Gasteiger partial charge in [0.15, 0.2) is 0 Å². The zero-order valence-corrected chi connectivity index (χ0v) is 13.6. The number of thioether (sulfide) groups is 1. The van der Waals surface area contributed by atoms with Crippen LogP contribution >= 0.6 is 24.2 Å². The average Bonchev–Trinajstić information content (AvgIpc) is 2.32. The van der Waals surface area contributed by atoms with Gasteiger partial charge in [-0.05, 0) is 32.9 Å². The fourth-order valence-corrected chi connectivity index (χ4v) is 3.16. The molecule has 0 bridgehead atoms. The van der Waals surface area contributed by atoms with Gasteiger partial charge in [-0.1, -0.05) is 13.3 Å². The number of carbonyl (C=O) groups excluding carboxylic acids is 1. The Labute approximate surface area is 122 Å². The van der Waals surface area contributed by atoms with Gasteiger partial charge < -0.3 is 10.2 Å². The van der Waals surface area contributed by atoms with Gasteiger partial charge in [0, 0.05) is 25.2 Å². The monoisotopic (exact) mass is 294 g/mol. The lowest BCUT2D eigenvalue weighted by Gasteiger charge is -2.39. The number of unbranched alkanes of at least 4 members (excludes halogenated alkanes) is 1. The molecule has 1 saturated heterocycles. The topological polar surface area (TPSA) is 32.3 Å². The van der Waals surface area contributed by atoms with E-state index in [1.54, 1.807) is 11.8 Å². The lowest BCUT2D eigenvalue weighted by molar-refractivity contribution is -0.133. The predicted molar refractivity (Wildman–Crippen MR) is 82.7 cm³/mol. The van der Waals surface area contributed by atoms with Crippen LogP contribution in [0.4, 0.5) is 0 Å². The molecule has 0 radical (unpaired) electrons. The lowest BCUT2D eigenvalue weighted by Crippen LogP contribution is -2.58. The molecule has 0 aliphatic carbocycles. The number of nitrogens with one attached hydrogen (secondary N) is 1. The Bertz CT molecular complexity index is 253. The van der Waals surface area contributed by atoms with Crippen molar-refractivity contribution in [2.45, 2.75) is 57.9 Å². The number of hydrogen-bond donors (Lipinski definition) is 1. The van der Waals surface area contributed by atoms with Crippen LogP contribution in [0.2, 0.25) is 0 Å². The van der Waals surface area contributed by atoms with Crippen LogP contribution < -0.4 is 5.32 Å². The number of hydrogen-bond acceptors (Lipinski definition) is 3. The van der Waals surface area contributed by atoms with Crippen LogP contribution in [-0.2, 0) is 4.79 Å². The molecule has 5 heteroatoms. The maximum absolute atomic E-state index is 12.3. The summed E-state index contributed by atoms with van der Waals surface area (Å²) in [5, 5.41) is 3.51. The van der Waals surface area contributed by atoms with Crippen LogP contribution in [0.25, 0.3) is 0 Å².